The fraction of sp³-hybridized carbons (Fsp3) is 0.0769. The van der Waals surface area contributed by atoms with Crippen molar-refractivity contribution in [2.75, 3.05) is 9.80 Å². The van der Waals surface area contributed by atoms with Crippen molar-refractivity contribution in [1.29, 1.82) is 0 Å². The molecule has 0 aromatic heterocycles. The number of anilines is 6. The lowest BCUT2D eigenvalue weighted by molar-refractivity contribution is 0.629. The van der Waals surface area contributed by atoms with Gasteiger partial charge in [0.15, 0.2) is 0 Å². The molecular weight excluding hydrogens is 1120 g/mol. The van der Waals surface area contributed by atoms with Gasteiger partial charge in [-0.05, 0) is 184 Å². The van der Waals surface area contributed by atoms with E-state index >= 15 is 0 Å². The summed E-state index contributed by atoms with van der Waals surface area (Å²) in [7, 11) is 0. The van der Waals surface area contributed by atoms with Gasteiger partial charge in [0.25, 0.3) is 0 Å². The van der Waals surface area contributed by atoms with Gasteiger partial charge in [0.05, 0.1) is 22.2 Å². The number of hydrogen-bond donors (Lipinski definition) is 0. The van der Waals surface area contributed by atoms with Gasteiger partial charge in [-0.15, -0.1) is 0 Å². The van der Waals surface area contributed by atoms with Gasteiger partial charge in [-0.25, -0.2) is 0 Å². The zero-order chi connectivity index (χ0) is 62.4. The first-order valence-corrected chi connectivity index (χ1v) is 32.6. The second-order valence-corrected chi connectivity index (χ2v) is 26.1. The Morgan fingerprint density at radius 2 is 0.613 bits per heavy atom. The quantitative estimate of drug-likeness (QED) is 0.107. The fourth-order valence-corrected chi connectivity index (χ4v) is 16.4. The zero-order valence-corrected chi connectivity index (χ0v) is 52.4. The van der Waals surface area contributed by atoms with Crippen LogP contribution in [0.3, 0.4) is 0 Å². The third-order valence-electron chi connectivity index (χ3n) is 20.9. The molecule has 0 saturated carbocycles. The maximum Gasteiger partial charge on any atom is 0.0540 e. The van der Waals surface area contributed by atoms with Crippen molar-refractivity contribution in [3.05, 3.63) is 395 Å². The molecule has 3 aliphatic rings. The molecular formula is C91H68N2. The third kappa shape index (κ3) is 8.77. The van der Waals surface area contributed by atoms with Crippen LogP contribution < -0.4 is 9.80 Å². The Balaban J connectivity index is 0.825. The van der Waals surface area contributed by atoms with Crippen molar-refractivity contribution in [3.8, 4) is 33.4 Å². The number of hydrogen-bond acceptors (Lipinski definition) is 2. The van der Waals surface area contributed by atoms with Crippen LogP contribution in [0.2, 0.25) is 0 Å². The van der Waals surface area contributed by atoms with Gasteiger partial charge in [-0.2, -0.15) is 0 Å². The highest BCUT2D eigenvalue weighted by atomic mass is 15.2. The van der Waals surface area contributed by atoms with E-state index in [1.165, 1.54) is 111 Å². The molecule has 0 saturated heterocycles. The monoisotopic (exact) mass is 1190 g/mol. The van der Waals surface area contributed by atoms with Crippen LogP contribution in [0.1, 0.15) is 80.6 Å². The molecule has 0 spiro atoms. The normalized spacial score (nSPS) is 16.0. The van der Waals surface area contributed by atoms with E-state index in [1.807, 2.05) is 12.2 Å². The molecule has 14 aromatic rings. The van der Waals surface area contributed by atoms with E-state index < -0.39 is 16.2 Å². The Bertz CT molecular complexity index is 4950. The molecule has 2 atom stereocenters. The molecule has 0 bridgehead atoms. The van der Waals surface area contributed by atoms with Gasteiger partial charge in [0, 0.05) is 38.9 Å². The van der Waals surface area contributed by atoms with Crippen molar-refractivity contribution in [1.82, 2.24) is 0 Å². The van der Waals surface area contributed by atoms with Crippen molar-refractivity contribution in [2.24, 2.45) is 0 Å². The van der Waals surface area contributed by atoms with Gasteiger partial charge in [0.2, 0.25) is 0 Å². The number of fused-ring (bicyclic) bond motifs is 11. The first-order chi connectivity index (χ1) is 45.7. The minimum atomic E-state index is -0.476. The smallest absolute Gasteiger partial charge is 0.0540 e. The Kier molecular flexibility index (Phi) is 13.2. The highest BCUT2D eigenvalue weighted by Gasteiger charge is 2.47. The van der Waals surface area contributed by atoms with E-state index in [0.717, 1.165) is 58.1 Å². The molecule has 2 heteroatoms. The molecule has 0 amide bonds. The molecule has 0 aliphatic heterocycles. The lowest BCUT2D eigenvalue weighted by Gasteiger charge is -2.35. The van der Waals surface area contributed by atoms with Gasteiger partial charge in [-0.1, -0.05) is 294 Å². The highest BCUT2D eigenvalue weighted by molar-refractivity contribution is 6.02. The summed E-state index contributed by atoms with van der Waals surface area (Å²) in [5.41, 5.74) is 28.2. The Labute approximate surface area is 546 Å². The summed E-state index contributed by atoms with van der Waals surface area (Å²) in [6.45, 7) is 13.0. The standard InChI is InChI=1S/C91H68N2/c1-5-61-39-43-63(44-40-61)59-90(67-27-9-7-10-28-67)81-35-19-17-33-75(81)79-53-49-71(57-85(79)90)92(87-37-21-25-65-23-13-15-31-73(65)87)69-47-51-77-78-52-48-70(56-84(78)89(3,4)83(77)55-69)93(88-38-22-26-66-24-14-16-32-74(66)88)72-50-54-80-76-34-18-20-36-82(76)91(86(80)58-72,68-29-11-8-12-30-68)60-64-45-41-62(6-2)42-46-64/h5-58H,1-2,59-60H2,3-4H3. The zero-order valence-electron chi connectivity index (χ0n) is 52.4. The van der Waals surface area contributed by atoms with Crippen LogP contribution in [-0.2, 0) is 29.1 Å². The second kappa shape index (κ2) is 22.0. The number of rotatable bonds is 14. The van der Waals surface area contributed by atoms with Crippen LogP contribution in [0, 0.1) is 0 Å². The summed E-state index contributed by atoms with van der Waals surface area (Å²) in [4.78, 5) is 5.07. The maximum absolute atomic E-state index is 4.09. The molecule has 0 radical (unpaired) electrons. The van der Waals surface area contributed by atoms with E-state index in [4.69, 9.17) is 0 Å². The van der Waals surface area contributed by atoms with Crippen LogP contribution in [0.4, 0.5) is 34.1 Å². The summed E-state index contributed by atoms with van der Waals surface area (Å²) in [5, 5.41) is 4.79. The minimum absolute atomic E-state index is 0.391. The van der Waals surface area contributed by atoms with Gasteiger partial charge < -0.3 is 9.80 Å². The van der Waals surface area contributed by atoms with Crippen LogP contribution in [0.15, 0.2) is 329 Å². The predicted octanol–water partition coefficient (Wildman–Crippen LogP) is 23.6. The topological polar surface area (TPSA) is 6.48 Å². The number of nitrogens with zero attached hydrogens (tertiary/aromatic N) is 2. The van der Waals surface area contributed by atoms with Crippen LogP contribution in [0.25, 0.3) is 67.1 Å². The predicted molar refractivity (Wildman–Crippen MR) is 392 cm³/mol. The molecule has 93 heavy (non-hydrogen) atoms. The summed E-state index contributed by atoms with van der Waals surface area (Å²) in [5.74, 6) is 0. The fourth-order valence-electron chi connectivity index (χ4n) is 16.4. The van der Waals surface area contributed by atoms with Crippen molar-refractivity contribution < 1.29 is 0 Å². The maximum atomic E-state index is 4.09. The van der Waals surface area contributed by atoms with Crippen LogP contribution >= 0.6 is 0 Å². The lowest BCUT2D eigenvalue weighted by atomic mass is 9.68. The summed E-state index contributed by atoms with van der Waals surface area (Å²) >= 11 is 0. The largest absolute Gasteiger partial charge is 0.310 e. The van der Waals surface area contributed by atoms with Gasteiger partial charge in [-0.3, -0.25) is 0 Å². The van der Waals surface area contributed by atoms with Crippen molar-refractivity contribution in [3.63, 3.8) is 0 Å². The molecule has 442 valence electrons. The molecule has 0 N–H and O–H groups in total. The third-order valence-corrected chi connectivity index (χ3v) is 20.9. The highest BCUT2D eigenvalue weighted by Crippen LogP contribution is 2.59. The first kappa shape index (κ1) is 55.7. The van der Waals surface area contributed by atoms with E-state index in [1.54, 1.807) is 0 Å². The summed E-state index contributed by atoms with van der Waals surface area (Å²) in [6.07, 6.45) is 5.45. The van der Waals surface area contributed by atoms with Crippen LogP contribution in [0.5, 0.6) is 0 Å². The average molecular weight is 1190 g/mol. The molecule has 17 rings (SSSR count). The van der Waals surface area contributed by atoms with E-state index in [9.17, 15) is 0 Å². The van der Waals surface area contributed by atoms with Crippen molar-refractivity contribution >= 4 is 67.8 Å². The lowest BCUT2D eigenvalue weighted by Crippen LogP contribution is -2.30. The Morgan fingerprint density at radius 1 is 0.290 bits per heavy atom. The second-order valence-electron chi connectivity index (χ2n) is 26.1. The average Bonchev–Trinajstić information content (AvgIpc) is 1.59. The van der Waals surface area contributed by atoms with E-state index in [2.05, 4.69) is 352 Å². The van der Waals surface area contributed by atoms with Gasteiger partial charge >= 0.3 is 0 Å². The molecule has 0 heterocycles. The van der Waals surface area contributed by atoms with Crippen LogP contribution in [-0.4, -0.2) is 0 Å². The first-order valence-electron chi connectivity index (χ1n) is 32.6. The van der Waals surface area contributed by atoms with E-state index in [-0.39, 0.29) is 0 Å². The van der Waals surface area contributed by atoms with Gasteiger partial charge in [0.1, 0.15) is 0 Å². The summed E-state index contributed by atoms with van der Waals surface area (Å²) in [6, 6.07) is 119. The molecule has 0 fully saturated rings. The minimum Gasteiger partial charge on any atom is -0.310 e. The Morgan fingerprint density at radius 3 is 1.01 bits per heavy atom. The number of benzene rings is 14. The molecule has 2 unspecified atom stereocenters. The van der Waals surface area contributed by atoms with E-state index in [0.29, 0.717) is 0 Å². The SMILES string of the molecule is C=Cc1ccc(CC2(c3ccccc3)c3ccccc3-c3ccc(N(c4ccc5c(c4)C(C)(C)c4cc(N(c6ccc7c(c6)C(Cc6ccc(C=C)cc6)(c6ccccc6)c6ccccc6-7)c6cccc7ccccc67)ccc4-5)c4cccc5ccccc45)cc32)cc1. The molecule has 2 nitrogen and oxygen atoms in total. The van der Waals surface area contributed by atoms with Crippen molar-refractivity contribution in [2.45, 2.75) is 42.9 Å². The molecule has 3 aliphatic carbocycles. The summed E-state index contributed by atoms with van der Waals surface area (Å²) < 4.78 is 0. The Hall–Kier alpha value is -11.3. The molecule has 14 aromatic carbocycles.